The molecule has 0 N–H and O–H groups in total. The van der Waals surface area contributed by atoms with E-state index in [0.717, 1.165) is 82.3 Å². The summed E-state index contributed by atoms with van der Waals surface area (Å²) in [5, 5.41) is 13.6. The fraction of sp³-hybridized carbons (Fsp3) is 0. The van der Waals surface area contributed by atoms with Gasteiger partial charge in [-0.05, 0) is 85.6 Å². The highest BCUT2D eigenvalue weighted by Gasteiger charge is 2.23. The number of para-hydroxylation sites is 2. The quantitative estimate of drug-likeness (QED) is 0.167. The van der Waals surface area contributed by atoms with Crippen LogP contribution in [0, 0.1) is 0 Å². The summed E-state index contributed by atoms with van der Waals surface area (Å²) in [4.78, 5) is 16.2. The molecule has 0 amide bonds. The Morgan fingerprint density at radius 2 is 0.900 bits per heavy atom. The molecule has 0 aliphatic carbocycles. The Labute approximate surface area is 343 Å². The molecule has 0 aliphatic heterocycles. The molecule has 0 aliphatic rings. The van der Waals surface area contributed by atoms with Gasteiger partial charge >= 0.3 is 0 Å². The number of furan rings is 1. The van der Waals surface area contributed by atoms with Gasteiger partial charge in [-0.3, -0.25) is 0 Å². The Morgan fingerprint density at radius 3 is 1.72 bits per heavy atom. The van der Waals surface area contributed by atoms with Crippen molar-refractivity contribution in [2.45, 2.75) is 0 Å². The largest absolute Gasteiger partial charge is 0.455 e. The first-order valence-electron chi connectivity index (χ1n) is 20.3. The highest BCUT2D eigenvalue weighted by Crippen LogP contribution is 2.42. The number of hydrogen-bond donors (Lipinski definition) is 0. The molecular weight excluding hydrogens is 733 g/mol. The molecule has 0 saturated heterocycles. The minimum atomic E-state index is 0.539. The van der Waals surface area contributed by atoms with Gasteiger partial charge in [0.25, 0.3) is 0 Å². The van der Waals surface area contributed by atoms with Crippen LogP contribution in [0.4, 0.5) is 0 Å². The predicted molar refractivity (Wildman–Crippen MR) is 248 cm³/mol. The van der Waals surface area contributed by atoms with Gasteiger partial charge in [-0.15, -0.1) is 0 Å². The van der Waals surface area contributed by atoms with Gasteiger partial charge in [0.15, 0.2) is 17.5 Å². The fourth-order valence-electron chi connectivity index (χ4n) is 9.44. The third kappa shape index (κ3) is 4.90. The second-order valence-electron chi connectivity index (χ2n) is 15.6. The topological polar surface area (TPSA) is 56.7 Å². The molecule has 278 valence electrons. The van der Waals surface area contributed by atoms with Crippen molar-refractivity contribution in [3.63, 3.8) is 0 Å². The van der Waals surface area contributed by atoms with Crippen LogP contribution in [-0.2, 0) is 0 Å². The van der Waals surface area contributed by atoms with Crippen molar-refractivity contribution in [1.82, 2.24) is 19.5 Å². The summed E-state index contributed by atoms with van der Waals surface area (Å²) in [6.07, 6.45) is 0. The number of rotatable bonds is 4. The van der Waals surface area contributed by atoms with E-state index in [1.807, 2.05) is 12.1 Å². The monoisotopic (exact) mass is 764 g/mol. The summed E-state index contributed by atoms with van der Waals surface area (Å²) in [5.41, 5.74) is 7.46. The minimum absolute atomic E-state index is 0.539. The summed E-state index contributed by atoms with van der Waals surface area (Å²) >= 11 is 0. The van der Waals surface area contributed by atoms with Gasteiger partial charge in [-0.1, -0.05) is 152 Å². The lowest BCUT2D eigenvalue weighted by Crippen LogP contribution is -2.02. The zero-order valence-electron chi connectivity index (χ0n) is 32.2. The van der Waals surface area contributed by atoms with Crippen LogP contribution in [0.15, 0.2) is 199 Å². The lowest BCUT2D eigenvalue weighted by atomic mass is 9.96. The van der Waals surface area contributed by atoms with Crippen molar-refractivity contribution in [1.29, 1.82) is 0 Å². The maximum Gasteiger partial charge on any atom is 0.167 e. The van der Waals surface area contributed by atoms with Crippen molar-refractivity contribution >= 4 is 86.8 Å². The first kappa shape index (κ1) is 32.9. The molecule has 5 heteroatoms. The Balaban J connectivity index is 1.16. The van der Waals surface area contributed by atoms with Crippen molar-refractivity contribution in [3.8, 4) is 39.9 Å². The normalized spacial score (nSPS) is 12.0. The van der Waals surface area contributed by atoms with Crippen LogP contribution >= 0.6 is 0 Å². The van der Waals surface area contributed by atoms with Crippen LogP contribution in [0.5, 0.6) is 0 Å². The van der Waals surface area contributed by atoms with Crippen molar-refractivity contribution < 1.29 is 4.42 Å². The molecule has 13 rings (SSSR count). The maximum atomic E-state index is 6.82. The van der Waals surface area contributed by atoms with Gasteiger partial charge < -0.3 is 8.98 Å². The van der Waals surface area contributed by atoms with E-state index in [9.17, 15) is 0 Å². The van der Waals surface area contributed by atoms with Crippen LogP contribution in [0.1, 0.15) is 0 Å². The Hall–Kier alpha value is -8.15. The molecule has 0 radical (unpaired) electrons. The van der Waals surface area contributed by atoms with Crippen molar-refractivity contribution in [3.05, 3.63) is 194 Å². The van der Waals surface area contributed by atoms with E-state index in [2.05, 4.69) is 187 Å². The van der Waals surface area contributed by atoms with Crippen molar-refractivity contribution in [2.75, 3.05) is 0 Å². The molecule has 3 heterocycles. The Morgan fingerprint density at radius 1 is 0.317 bits per heavy atom. The summed E-state index contributed by atoms with van der Waals surface area (Å²) < 4.78 is 9.20. The molecule has 0 fully saturated rings. The second kappa shape index (κ2) is 12.7. The van der Waals surface area contributed by atoms with E-state index < -0.39 is 0 Å². The van der Waals surface area contributed by atoms with Gasteiger partial charge in [0.1, 0.15) is 11.2 Å². The summed E-state index contributed by atoms with van der Waals surface area (Å²) in [7, 11) is 0. The first-order chi connectivity index (χ1) is 29.7. The number of benzene rings is 10. The van der Waals surface area contributed by atoms with E-state index in [1.54, 1.807) is 0 Å². The highest BCUT2D eigenvalue weighted by atomic mass is 16.3. The van der Waals surface area contributed by atoms with Crippen LogP contribution < -0.4 is 0 Å². The molecule has 10 aromatic carbocycles. The summed E-state index contributed by atoms with van der Waals surface area (Å²) in [6, 6.07) is 68.6. The van der Waals surface area contributed by atoms with Gasteiger partial charge in [0.2, 0.25) is 0 Å². The molecule has 0 saturated carbocycles. The van der Waals surface area contributed by atoms with E-state index in [1.165, 1.54) is 26.9 Å². The molecule has 13 aromatic rings. The third-order valence-electron chi connectivity index (χ3n) is 12.2. The smallest absolute Gasteiger partial charge is 0.167 e. The van der Waals surface area contributed by atoms with Crippen LogP contribution in [0.3, 0.4) is 0 Å². The van der Waals surface area contributed by atoms with Crippen LogP contribution in [0.25, 0.3) is 127 Å². The highest BCUT2D eigenvalue weighted by molar-refractivity contribution is 6.16. The maximum absolute atomic E-state index is 6.82. The Bertz CT molecular complexity index is 3910. The summed E-state index contributed by atoms with van der Waals surface area (Å²) in [5.74, 6) is 1.74. The lowest BCUT2D eigenvalue weighted by molar-refractivity contribution is 0.669. The molecular formula is C55H32N4O. The molecule has 0 bridgehead atoms. The van der Waals surface area contributed by atoms with Gasteiger partial charge in [0.05, 0.1) is 16.6 Å². The van der Waals surface area contributed by atoms with Gasteiger partial charge in [-0.2, -0.15) is 0 Å². The van der Waals surface area contributed by atoms with E-state index in [-0.39, 0.29) is 0 Å². The fourth-order valence-corrected chi connectivity index (χ4v) is 9.44. The van der Waals surface area contributed by atoms with E-state index in [4.69, 9.17) is 19.4 Å². The number of nitrogens with zero attached hydrogens (tertiary/aromatic N) is 4. The SMILES string of the molecule is c1ccc2cc3c(cc2c1)c1ccccc1n3-c1cc(-c2nc(-c3cccc4ccccc34)nc(-c3cc4ccccc4c4ccccc34)n2)c2oc3ccccc3c2c1. The zero-order chi connectivity index (χ0) is 39.3. The van der Waals surface area contributed by atoms with E-state index >= 15 is 0 Å². The van der Waals surface area contributed by atoms with Gasteiger partial charge in [-0.25, -0.2) is 15.0 Å². The molecule has 0 atom stereocenters. The molecule has 3 aromatic heterocycles. The van der Waals surface area contributed by atoms with Crippen molar-refractivity contribution in [2.24, 2.45) is 0 Å². The number of aromatic nitrogens is 4. The predicted octanol–water partition coefficient (Wildman–Crippen LogP) is 14.5. The Kier molecular flexibility index (Phi) is 6.95. The van der Waals surface area contributed by atoms with E-state index in [0.29, 0.717) is 17.5 Å². The first-order valence-corrected chi connectivity index (χ1v) is 20.3. The molecule has 5 nitrogen and oxygen atoms in total. The number of hydrogen-bond acceptors (Lipinski definition) is 4. The van der Waals surface area contributed by atoms with Gasteiger partial charge in [0, 0.05) is 38.4 Å². The second-order valence-corrected chi connectivity index (χ2v) is 15.6. The summed E-state index contributed by atoms with van der Waals surface area (Å²) in [6.45, 7) is 0. The minimum Gasteiger partial charge on any atom is -0.455 e. The lowest BCUT2D eigenvalue weighted by Gasteiger charge is -2.14. The average molecular weight is 765 g/mol. The zero-order valence-corrected chi connectivity index (χ0v) is 32.2. The number of fused-ring (bicyclic) bond motifs is 11. The van der Waals surface area contributed by atoms with Crippen LogP contribution in [0.2, 0.25) is 0 Å². The average Bonchev–Trinajstić information content (AvgIpc) is 3.85. The van der Waals surface area contributed by atoms with Crippen LogP contribution in [-0.4, -0.2) is 19.5 Å². The third-order valence-corrected chi connectivity index (χ3v) is 12.2. The molecule has 60 heavy (non-hydrogen) atoms. The molecule has 0 spiro atoms. The standard InChI is InChI=1S/C55H32N4O/c1-2-16-35-30-50-45(28-34(35)15-1)42-23-9-11-26-49(42)59(50)37-31-46-43-24-10-12-27-51(43)60-52(46)48(32-37)55-57-53(44-25-13-18-33-14-3-5-19-38(33)44)56-54(58-55)47-29-36-17-4-6-20-39(36)40-21-7-8-22-41(40)47/h1-32H. The molecule has 0 unspecified atom stereocenters.